The van der Waals surface area contributed by atoms with Gasteiger partial charge in [-0.25, -0.2) is 13.9 Å². The number of benzene rings is 2. The molecule has 34 heavy (non-hydrogen) atoms. The minimum Gasteiger partial charge on any atom is -0.422 e. The Bertz CT molecular complexity index is 1250. The predicted molar refractivity (Wildman–Crippen MR) is 134 cm³/mol. The van der Waals surface area contributed by atoms with Crippen LogP contribution in [0.15, 0.2) is 45.6 Å². The molecule has 0 saturated carbocycles. The first-order valence-corrected chi connectivity index (χ1v) is 11.5. The molecule has 0 spiro atoms. The number of rotatable bonds is 9. The maximum Gasteiger partial charge on any atom is 0.340 e. The monoisotopic (exact) mass is 488 g/mol. The van der Waals surface area contributed by atoms with Crippen molar-refractivity contribution in [2.75, 3.05) is 30.8 Å². The number of nitrogens with zero attached hydrogens (tertiary/aromatic N) is 1. The topological polar surface area (TPSA) is 107 Å². The van der Waals surface area contributed by atoms with Gasteiger partial charge in [0.15, 0.2) is 5.82 Å². The summed E-state index contributed by atoms with van der Waals surface area (Å²) >= 11 is 1.12. The molecule has 3 aromatic rings. The van der Waals surface area contributed by atoms with Crippen LogP contribution in [0.25, 0.3) is 11.0 Å². The van der Waals surface area contributed by atoms with Gasteiger partial charge >= 0.3 is 5.63 Å². The van der Waals surface area contributed by atoms with Crippen LogP contribution in [0.2, 0.25) is 0 Å². The number of nitrogens with one attached hydrogen (secondary N) is 3. The molecule has 0 atom stereocenters. The molecule has 0 radical (unpaired) electrons. The molecule has 4 N–H and O–H groups in total. The van der Waals surface area contributed by atoms with E-state index >= 15 is 4.39 Å². The van der Waals surface area contributed by atoms with Crippen molar-refractivity contribution in [2.45, 2.75) is 32.4 Å². The molecule has 0 aliphatic heterocycles. The quantitative estimate of drug-likeness (QED) is 0.269. The minimum absolute atomic E-state index is 0.0310. The number of carbonyl (C=O) groups excluding carboxylic acids is 1. The van der Waals surface area contributed by atoms with Gasteiger partial charge in [0.2, 0.25) is 0 Å². The summed E-state index contributed by atoms with van der Waals surface area (Å²) in [5.74, 6) is -1.08. The van der Waals surface area contributed by atoms with Crippen LogP contribution in [0, 0.1) is 5.82 Å². The van der Waals surface area contributed by atoms with E-state index in [2.05, 4.69) is 14.8 Å². The van der Waals surface area contributed by atoms with Gasteiger partial charge in [0.25, 0.3) is 5.91 Å². The Hall–Kier alpha value is -3.08. The van der Waals surface area contributed by atoms with Gasteiger partial charge in [-0.15, -0.1) is 0 Å². The molecule has 3 rings (SSSR count). The van der Waals surface area contributed by atoms with Gasteiger partial charge in [-0.3, -0.25) is 4.79 Å². The molecule has 182 valence electrons. The molecular formula is C24H29FN4O4S. The number of anilines is 2. The van der Waals surface area contributed by atoms with E-state index in [-0.39, 0.29) is 24.2 Å². The van der Waals surface area contributed by atoms with E-state index in [0.29, 0.717) is 22.1 Å². The summed E-state index contributed by atoms with van der Waals surface area (Å²) in [5.41, 5.74) is 0.302. The van der Waals surface area contributed by atoms with Gasteiger partial charge in [0.05, 0.1) is 5.69 Å². The first kappa shape index (κ1) is 25.5. The van der Waals surface area contributed by atoms with Crippen molar-refractivity contribution in [1.82, 2.24) is 10.0 Å². The second-order valence-electron chi connectivity index (χ2n) is 8.53. The molecule has 0 saturated heterocycles. The number of fused-ring (bicyclic) bond motifs is 1. The molecule has 1 amide bonds. The van der Waals surface area contributed by atoms with Crippen molar-refractivity contribution >= 4 is 40.4 Å². The Kier molecular flexibility index (Phi) is 7.86. The average Bonchev–Trinajstić information content (AvgIpc) is 2.77. The average molecular weight is 489 g/mol. The highest BCUT2D eigenvalue weighted by Gasteiger charge is 2.25. The van der Waals surface area contributed by atoms with Crippen molar-refractivity contribution < 1.29 is 18.7 Å². The molecule has 1 heterocycles. The summed E-state index contributed by atoms with van der Waals surface area (Å²) in [6.45, 7) is 2.72. The fourth-order valence-corrected chi connectivity index (χ4v) is 3.80. The molecule has 2 aromatic carbocycles. The molecule has 8 nitrogen and oxygen atoms in total. The van der Waals surface area contributed by atoms with Crippen molar-refractivity contribution in [3.63, 3.8) is 0 Å². The first-order chi connectivity index (χ1) is 16.0. The van der Waals surface area contributed by atoms with E-state index in [1.807, 2.05) is 25.1 Å². The van der Waals surface area contributed by atoms with Crippen LogP contribution >= 0.6 is 12.1 Å². The third-order valence-electron chi connectivity index (χ3n) is 5.31. The van der Waals surface area contributed by atoms with Gasteiger partial charge in [-0.2, -0.15) is 0 Å². The summed E-state index contributed by atoms with van der Waals surface area (Å²) in [7, 11) is 5.44. The summed E-state index contributed by atoms with van der Waals surface area (Å²) < 4.78 is 26.4. The lowest BCUT2D eigenvalue weighted by Crippen LogP contribution is -2.41. The van der Waals surface area contributed by atoms with Crippen LogP contribution in [0.5, 0.6) is 0 Å². The Morgan fingerprint density at radius 2 is 1.94 bits per heavy atom. The molecule has 0 aliphatic rings. The Balaban J connectivity index is 2.11. The highest BCUT2D eigenvalue weighted by Crippen LogP contribution is 2.28. The normalized spacial score (nSPS) is 11.5. The number of hydrogen-bond acceptors (Lipinski definition) is 8. The van der Waals surface area contributed by atoms with Gasteiger partial charge in [0, 0.05) is 61.9 Å². The van der Waals surface area contributed by atoms with Crippen molar-refractivity contribution in [3.8, 4) is 0 Å². The molecule has 1 aromatic heterocycles. The zero-order valence-corrected chi connectivity index (χ0v) is 20.6. The van der Waals surface area contributed by atoms with E-state index in [1.54, 1.807) is 37.4 Å². The van der Waals surface area contributed by atoms with Crippen molar-refractivity contribution in [1.29, 1.82) is 0 Å². The number of hydrogen-bond donors (Lipinski definition) is 4. The zero-order chi connectivity index (χ0) is 25.0. The number of aliphatic hydroxyl groups is 1. The van der Waals surface area contributed by atoms with E-state index < -0.39 is 23.0 Å². The predicted octanol–water partition coefficient (Wildman–Crippen LogP) is 3.17. The van der Waals surface area contributed by atoms with Gasteiger partial charge in [-0.1, -0.05) is 12.1 Å². The SMILES string of the molecule is CNSNc1cccc(Cc2c(CNC(=O)C(C)(C)O)c3ccc(N(C)C)cc3oc2=O)c1F. The molecule has 0 fully saturated rings. The molecule has 0 aliphatic carbocycles. The van der Waals surface area contributed by atoms with Crippen LogP contribution in [0.1, 0.15) is 30.5 Å². The maximum atomic E-state index is 15.1. The summed E-state index contributed by atoms with van der Waals surface area (Å²) in [6, 6.07) is 10.3. The maximum absolute atomic E-state index is 15.1. The van der Waals surface area contributed by atoms with E-state index in [0.717, 1.165) is 17.8 Å². The van der Waals surface area contributed by atoms with Gasteiger partial charge in [-0.05, 0) is 50.2 Å². The summed E-state index contributed by atoms with van der Waals surface area (Å²) in [4.78, 5) is 27.3. The fourth-order valence-electron chi connectivity index (χ4n) is 3.43. The smallest absolute Gasteiger partial charge is 0.340 e. The van der Waals surface area contributed by atoms with E-state index in [4.69, 9.17) is 4.42 Å². The largest absolute Gasteiger partial charge is 0.422 e. The van der Waals surface area contributed by atoms with Gasteiger partial charge < -0.3 is 24.5 Å². The first-order valence-electron chi connectivity index (χ1n) is 10.7. The van der Waals surface area contributed by atoms with Crippen LogP contribution in [0.4, 0.5) is 15.8 Å². The molecule has 0 bridgehead atoms. The Morgan fingerprint density at radius 3 is 2.59 bits per heavy atom. The van der Waals surface area contributed by atoms with Crippen molar-refractivity contribution in [2.24, 2.45) is 0 Å². The second-order valence-corrected chi connectivity index (χ2v) is 9.34. The van der Waals surface area contributed by atoms with Crippen LogP contribution in [0.3, 0.4) is 0 Å². The van der Waals surface area contributed by atoms with E-state index in [1.165, 1.54) is 13.8 Å². The highest BCUT2D eigenvalue weighted by molar-refractivity contribution is 7.98. The number of carbonyl (C=O) groups is 1. The summed E-state index contributed by atoms with van der Waals surface area (Å²) in [5, 5.41) is 13.3. The number of amides is 1. The number of halogens is 1. The van der Waals surface area contributed by atoms with E-state index in [9.17, 15) is 14.7 Å². The second kappa shape index (κ2) is 10.5. The third-order valence-corrected chi connectivity index (χ3v) is 5.84. The standard InChI is InChI=1S/C24H29FN4O4S/c1-24(2,32)23(31)27-13-18-16-10-9-15(29(4)5)12-20(16)33-22(30)17(18)11-14-7-6-8-19(21(14)25)28-34-26-3/h6-10,12,26,28,32H,11,13H2,1-5H3,(H,27,31). The highest BCUT2D eigenvalue weighted by atomic mass is 32.2. The zero-order valence-electron chi connectivity index (χ0n) is 19.8. The lowest BCUT2D eigenvalue weighted by Gasteiger charge is -2.19. The third kappa shape index (κ3) is 5.69. The molecule has 10 heteroatoms. The molecule has 0 unspecified atom stereocenters. The Morgan fingerprint density at radius 1 is 1.21 bits per heavy atom. The fraction of sp³-hybridized carbons (Fsp3) is 0.333. The minimum atomic E-state index is -1.59. The lowest BCUT2D eigenvalue weighted by molar-refractivity contribution is -0.136. The van der Waals surface area contributed by atoms with Crippen LogP contribution in [-0.2, 0) is 17.8 Å². The summed E-state index contributed by atoms with van der Waals surface area (Å²) in [6.07, 6.45) is -0.0347. The Labute approximate surface area is 201 Å². The van der Waals surface area contributed by atoms with Gasteiger partial charge in [0.1, 0.15) is 11.2 Å². The lowest BCUT2D eigenvalue weighted by atomic mass is 9.97. The van der Waals surface area contributed by atoms with Crippen LogP contribution in [-0.4, -0.2) is 37.8 Å². The van der Waals surface area contributed by atoms with Crippen molar-refractivity contribution in [3.05, 3.63) is 69.3 Å². The van der Waals surface area contributed by atoms with Crippen LogP contribution < -0.4 is 25.3 Å². The molecular weight excluding hydrogens is 459 g/mol.